The summed E-state index contributed by atoms with van der Waals surface area (Å²) in [6.45, 7) is 3.41. The molecule has 2 unspecified atom stereocenters. The van der Waals surface area contributed by atoms with E-state index in [0.29, 0.717) is 11.9 Å². The van der Waals surface area contributed by atoms with Gasteiger partial charge >= 0.3 is 0 Å². The van der Waals surface area contributed by atoms with Crippen LogP contribution in [0.5, 0.6) is 0 Å². The molecular weight excluding hydrogens is 314 g/mol. The van der Waals surface area contributed by atoms with Crippen molar-refractivity contribution in [3.8, 4) is 0 Å². The van der Waals surface area contributed by atoms with E-state index < -0.39 is 0 Å². The summed E-state index contributed by atoms with van der Waals surface area (Å²) < 4.78 is 2.00. The van der Waals surface area contributed by atoms with Crippen molar-refractivity contribution in [2.45, 2.75) is 31.7 Å². The Kier molecular flexibility index (Phi) is 4.68. The van der Waals surface area contributed by atoms with Crippen LogP contribution in [0.4, 0.5) is 5.82 Å². The van der Waals surface area contributed by atoms with E-state index in [9.17, 15) is 4.79 Å². The van der Waals surface area contributed by atoms with E-state index in [2.05, 4.69) is 19.9 Å². The largest absolute Gasteiger partial charge is 0.356 e. The van der Waals surface area contributed by atoms with Gasteiger partial charge in [0.2, 0.25) is 5.91 Å². The number of piperidine rings is 2. The summed E-state index contributed by atoms with van der Waals surface area (Å²) in [4.78, 5) is 21.8. The molecule has 25 heavy (non-hydrogen) atoms. The molecule has 0 bridgehead atoms. The van der Waals surface area contributed by atoms with Crippen molar-refractivity contribution < 1.29 is 4.79 Å². The molecule has 2 saturated heterocycles. The molecule has 4 rings (SSSR count). The molecule has 6 heteroatoms. The Morgan fingerprint density at radius 2 is 1.96 bits per heavy atom. The molecule has 2 aliphatic heterocycles. The maximum atomic E-state index is 13.1. The molecule has 0 radical (unpaired) electrons. The van der Waals surface area contributed by atoms with Crippen LogP contribution >= 0.6 is 0 Å². The van der Waals surface area contributed by atoms with Gasteiger partial charge in [-0.05, 0) is 43.9 Å². The number of hydrogen-bond acceptors (Lipinski definition) is 4. The van der Waals surface area contributed by atoms with Crippen molar-refractivity contribution in [2.24, 2.45) is 5.92 Å². The molecule has 4 heterocycles. The Morgan fingerprint density at radius 1 is 1.04 bits per heavy atom. The van der Waals surface area contributed by atoms with Gasteiger partial charge in [-0.2, -0.15) is 5.10 Å². The highest BCUT2D eigenvalue weighted by Gasteiger charge is 2.32. The van der Waals surface area contributed by atoms with Gasteiger partial charge in [0.1, 0.15) is 5.82 Å². The molecule has 2 aromatic heterocycles. The van der Waals surface area contributed by atoms with Crippen molar-refractivity contribution in [3.05, 3.63) is 42.9 Å². The molecule has 2 aliphatic rings. The molecule has 132 valence electrons. The maximum absolute atomic E-state index is 13.1. The minimum atomic E-state index is 0.0760. The molecule has 2 atom stereocenters. The third-order valence-corrected chi connectivity index (χ3v) is 5.35. The fourth-order valence-corrected chi connectivity index (χ4v) is 4.05. The van der Waals surface area contributed by atoms with Crippen LogP contribution in [0, 0.1) is 5.92 Å². The van der Waals surface area contributed by atoms with E-state index in [1.54, 1.807) is 0 Å². The second kappa shape index (κ2) is 7.25. The predicted octanol–water partition coefficient (Wildman–Crippen LogP) is 2.36. The average molecular weight is 339 g/mol. The summed E-state index contributed by atoms with van der Waals surface area (Å²) in [7, 11) is 0. The predicted molar refractivity (Wildman–Crippen MR) is 96.3 cm³/mol. The normalized spacial score (nSPS) is 24.3. The lowest BCUT2D eigenvalue weighted by Crippen LogP contribution is -2.48. The Balaban J connectivity index is 1.41. The lowest BCUT2D eigenvalue weighted by atomic mass is 9.95. The summed E-state index contributed by atoms with van der Waals surface area (Å²) in [5.74, 6) is 1.36. The van der Waals surface area contributed by atoms with Crippen LogP contribution in [0.1, 0.15) is 31.7 Å². The quantitative estimate of drug-likeness (QED) is 0.861. The Bertz CT molecular complexity index is 687. The minimum Gasteiger partial charge on any atom is -0.356 e. The van der Waals surface area contributed by atoms with Gasteiger partial charge in [0, 0.05) is 44.8 Å². The first-order chi connectivity index (χ1) is 12.3. The first-order valence-electron chi connectivity index (χ1n) is 9.25. The monoisotopic (exact) mass is 339 g/mol. The first kappa shape index (κ1) is 16.1. The fraction of sp³-hybridized carbons (Fsp3) is 0.526. The van der Waals surface area contributed by atoms with Crippen molar-refractivity contribution in [1.82, 2.24) is 19.7 Å². The standard InChI is InChI=1S/C19H25N5O/c25-19(23-12-4-7-17(15-23)24-13-5-10-21-24)16-6-3-11-22(14-16)18-8-1-2-9-20-18/h1-2,5,8-10,13,16-17H,3-4,6-7,11-12,14-15H2. The van der Waals surface area contributed by atoms with E-state index in [0.717, 1.165) is 57.7 Å². The van der Waals surface area contributed by atoms with E-state index in [1.807, 2.05) is 47.5 Å². The van der Waals surface area contributed by atoms with E-state index in [-0.39, 0.29) is 5.92 Å². The Labute approximate surface area is 148 Å². The third-order valence-electron chi connectivity index (χ3n) is 5.35. The highest BCUT2D eigenvalue weighted by atomic mass is 16.2. The number of aromatic nitrogens is 3. The van der Waals surface area contributed by atoms with Gasteiger partial charge in [-0.15, -0.1) is 0 Å². The maximum Gasteiger partial charge on any atom is 0.227 e. The van der Waals surface area contributed by atoms with Gasteiger partial charge in [0.15, 0.2) is 0 Å². The van der Waals surface area contributed by atoms with Crippen LogP contribution in [0.15, 0.2) is 42.9 Å². The number of likely N-dealkylation sites (tertiary alicyclic amines) is 1. The van der Waals surface area contributed by atoms with E-state index >= 15 is 0 Å². The molecule has 2 fully saturated rings. The minimum absolute atomic E-state index is 0.0760. The second-order valence-corrected chi connectivity index (χ2v) is 7.04. The van der Waals surface area contributed by atoms with Gasteiger partial charge in [-0.3, -0.25) is 9.48 Å². The SMILES string of the molecule is O=C(C1CCCN(c2ccccn2)C1)N1CCCC(n2cccn2)C1. The van der Waals surface area contributed by atoms with Crippen molar-refractivity contribution in [1.29, 1.82) is 0 Å². The molecule has 0 spiro atoms. The summed E-state index contributed by atoms with van der Waals surface area (Å²) >= 11 is 0. The zero-order valence-electron chi connectivity index (χ0n) is 14.5. The van der Waals surface area contributed by atoms with E-state index in [4.69, 9.17) is 0 Å². The number of carbonyl (C=O) groups excluding carboxylic acids is 1. The number of pyridine rings is 1. The lowest BCUT2D eigenvalue weighted by molar-refractivity contribution is -0.137. The molecular formula is C19H25N5O. The topological polar surface area (TPSA) is 54.3 Å². The summed E-state index contributed by atoms with van der Waals surface area (Å²) in [6, 6.07) is 8.23. The van der Waals surface area contributed by atoms with Gasteiger partial charge < -0.3 is 9.80 Å². The highest BCUT2D eigenvalue weighted by Crippen LogP contribution is 2.26. The zero-order valence-corrected chi connectivity index (χ0v) is 14.5. The molecule has 0 aliphatic carbocycles. The molecule has 1 amide bonds. The van der Waals surface area contributed by atoms with Crippen LogP contribution < -0.4 is 4.90 Å². The number of nitrogens with zero attached hydrogens (tertiary/aromatic N) is 5. The first-order valence-corrected chi connectivity index (χ1v) is 9.25. The number of carbonyl (C=O) groups is 1. The third kappa shape index (κ3) is 3.52. The van der Waals surface area contributed by atoms with Crippen LogP contribution in [0.25, 0.3) is 0 Å². The lowest BCUT2D eigenvalue weighted by Gasteiger charge is -2.38. The number of amides is 1. The van der Waals surface area contributed by atoms with Gasteiger partial charge in [0.05, 0.1) is 12.0 Å². The van der Waals surface area contributed by atoms with E-state index in [1.165, 1.54) is 0 Å². The number of rotatable bonds is 3. The molecule has 0 saturated carbocycles. The van der Waals surface area contributed by atoms with Crippen LogP contribution in [-0.2, 0) is 4.79 Å². The van der Waals surface area contributed by atoms with Crippen LogP contribution in [0.3, 0.4) is 0 Å². The Morgan fingerprint density at radius 3 is 2.76 bits per heavy atom. The van der Waals surface area contributed by atoms with Gasteiger partial charge in [-0.1, -0.05) is 6.07 Å². The molecule has 0 aromatic carbocycles. The van der Waals surface area contributed by atoms with Gasteiger partial charge in [-0.25, -0.2) is 4.98 Å². The van der Waals surface area contributed by atoms with Crippen molar-refractivity contribution in [3.63, 3.8) is 0 Å². The van der Waals surface area contributed by atoms with Gasteiger partial charge in [0.25, 0.3) is 0 Å². The summed E-state index contributed by atoms with van der Waals surface area (Å²) in [5.41, 5.74) is 0. The zero-order chi connectivity index (χ0) is 17.1. The Hall–Kier alpha value is -2.37. The number of anilines is 1. The van der Waals surface area contributed by atoms with Crippen LogP contribution in [-0.4, -0.2) is 51.8 Å². The fourth-order valence-electron chi connectivity index (χ4n) is 4.05. The molecule has 6 nitrogen and oxygen atoms in total. The van der Waals surface area contributed by atoms with Crippen molar-refractivity contribution in [2.75, 3.05) is 31.1 Å². The average Bonchev–Trinajstić information content (AvgIpc) is 3.23. The summed E-state index contributed by atoms with van der Waals surface area (Å²) in [6.07, 6.45) is 9.80. The smallest absolute Gasteiger partial charge is 0.227 e. The number of hydrogen-bond donors (Lipinski definition) is 0. The highest BCUT2D eigenvalue weighted by molar-refractivity contribution is 5.80. The molecule has 0 N–H and O–H groups in total. The van der Waals surface area contributed by atoms with Crippen molar-refractivity contribution >= 4 is 11.7 Å². The van der Waals surface area contributed by atoms with Crippen LogP contribution in [0.2, 0.25) is 0 Å². The molecule has 2 aromatic rings. The second-order valence-electron chi connectivity index (χ2n) is 7.04. The summed E-state index contributed by atoms with van der Waals surface area (Å²) in [5, 5.41) is 4.36.